The zero-order valence-corrected chi connectivity index (χ0v) is 11.1. The van der Waals surface area contributed by atoms with E-state index in [1.165, 1.54) is 0 Å². The highest BCUT2D eigenvalue weighted by molar-refractivity contribution is 6.37. The molecule has 0 atom stereocenters. The Balaban J connectivity index is 2.33. The normalized spacial score (nSPS) is 10.2. The van der Waals surface area contributed by atoms with Gasteiger partial charge in [0.05, 0.1) is 17.2 Å². The molecule has 18 heavy (non-hydrogen) atoms. The number of benzene rings is 2. The van der Waals surface area contributed by atoms with Crippen LogP contribution in [0.25, 0.3) is 0 Å². The predicted molar refractivity (Wildman–Crippen MR) is 73.9 cm³/mol. The number of halogens is 2. The van der Waals surface area contributed by atoms with Crippen LogP contribution in [0.5, 0.6) is 17.2 Å². The van der Waals surface area contributed by atoms with Crippen LogP contribution in [0.3, 0.4) is 0 Å². The maximum atomic E-state index is 6.04. The molecule has 0 saturated heterocycles. The highest BCUT2D eigenvalue weighted by Gasteiger charge is 2.10. The molecule has 5 heteroatoms. The van der Waals surface area contributed by atoms with Crippen LogP contribution in [0.15, 0.2) is 36.4 Å². The van der Waals surface area contributed by atoms with Crippen molar-refractivity contribution in [1.29, 1.82) is 0 Å². The summed E-state index contributed by atoms with van der Waals surface area (Å²) in [5.74, 6) is 1.65. The van der Waals surface area contributed by atoms with E-state index in [0.717, 1.165) is 0 Å². The topological polar surface area (TPSA) is 44.5 Å². The molecular weight excluding hydrogens is 273 g/mol. The second kappa shape index (κ2) is 5.38. The lowest BCUT2D eigenvalue weighted by molar-refractivity contribution is 0.409. The number of anilines is 1. The number of hydrogen-bond acceptors (Lipinski definition) is 3. The van der Waals surface area contributed by atoms with Crippen molar-refractivity contribution in [3.63, 3.8) is 0 Å². The standard InChI is InChI=1S/C13H11Cl2NO2/c1-17-9-3-2-4-10(7-9)18-13-11(14)5-8(16)6-12(13)15/h2-7H,16H2,1H3. The van der Waals surface area contributed by atoms with Gasteiger partial charge in [0.25, 0.3) is 0 Å². The Morgan fingerprint density at radius 2 is 1.61 bits per heavy atom. The third kappa shape index (κ3) is 2.81. The average molecular weight is 284 g/mol. The Morgan fingerprint density at radius 1 is 1.00 bits per heavy atom. The summed E-state index contributed by atoms with van der Waals surface area (Å²) in [6.45, 7) is 0. The Bertz CT molecular complexity index is 550. The van der Waals surface area contributed by atoms with Crippen LogP contribution in [0.4, 0.5) is 5.69 Å². The van der Waals surface area contributed by atoms with Crippen molar-refractivity contribution in [2.45, 2.75) is 0 Å². The van der Waals surface area contributed by atoms with Gasteiger partial charge in [-0.1, -0.05) is 29.3 Å². The molecule has 2 aromatic carbocycles. The van der Waals surface area contributed by atoms with Crippen molar-refractivity contribution in [1.82, 2.24) is 0 Å². The summed E-state index contributed by atoms with van der Waals surface area (Å²) in [5.41, 5.74) is 6.11. The smallest absolute Gasteiger partial charge is 0.164 e. The summed E-state index contributed by atoms with van der Waals surface area (Å²) in [6, 6.07) is 10.3. The summed E-state index contributed by atoms with van der Waals surface area (Å²) in [4.78, 5) is 0. The monoisotopic (exact) mass is 283 g/mol. The average Bonchev–Trinajstić information content (AvgIpc) is 2.34. The molecule has 0 heterocycles. The van der Waals surface area contributed by atoms with Gasteiger partial charge >= 0.3 is 0 Å². The predicted octanol–water partition coefficient (Wildman–Crippen LogP) is 4.38. The molecule has 0 fully saturated rings. The summed E-state index contributed by atoms with van der Waals surface area (Å²) in [6.07, 6.45) is 0. The molecule has 0 aliphatic carbocycles. The fourth-order valence-electron chi connectivity index (χ4n) is 1.46. The van der Waals surface area contributed by atoms with Crippen LogP contribution in [-0.2, 0) is 0 Å². The minimum Gasteiger partial charge on any atom is -0.497 e. The van der Waals surface area contributed by atoms with E-state index >= 15 is 0 Å². The Labute approximate surface area is 115 Å². The molecule has 0 spiro atoms. The maximum absolute atomic E-state index is 6.04. The Kier molecular flexibility index (Phi) is 3.84. The molecule has 2 N–H and O–H groups in total. The molecule has 0 aromatic heterocycles. The quantitative estimate of drug-likeness (QED) is 0.851. The van der Waals surface area contributed by atoms with Crippen molar-refractivity contribution in [3.8, 4) is 17.2 Å². The number of hydrogen-bond donors (Lipinski definition) is 1. The molecule has 0 saturated carbocycles. The van der Waals surface area contributed by atoms with Gasteiger partial charge in [-0.15, -0.1) is 0 Å². The summed E-state index contributed by atoms with van der Waals surface area (Å²) >= 11 is 12.1. The highest BCUT2D eigenvalue weighted by Crippen LogP contribution is 2.38. The van der Waals surface area contributed by atoms with E-state index in [0.29, 0.717) is 33.0 Å². The van der Waals surface area contributed by atoms with Crippen LogP contribution >= 0.6 is 23.2 Å². The van der Waals surface area contributed by atoms with Crippen LogP contribution < -0.4 is 15.2 Å². The number of nitrogens with two attached hydrogens (primary N) is 1. The zero-order valence-electron chi connectivity index (χ0n) is 9.61. The van der Waals surface area contributed by atoms with Crippen LogP contribution in [0.1, 0.15) is 0 Å². The first-order chi connectivity index (χ1) is 8.60. The minimum absolute atomic E-state index is 0.364. The fraction of sp³-hybridized carbons (Fsp3) is 0.0769. The van der Waals surface area contributed by atoms with Crippen molar-refractivity contribution in [3.05, 3.63) is 46.4 Å². The van der Waals surface area contributed by atoms with Crippen molar-refractivity contribution in [2.75, 3.05) is 12.8 Å². The van der Waals surface area contributed by atoms with Gasteiger partial charge in [0.2, 0.25) is 0 Å². The van der Waals surface area contributed by atoms with Gasteiger partial charge in [-0.3, -0.25) is 0 Å². The Hall–Kier alpha value is -1.58. The van der Waals surface area contributed by atoms with Crippen LogP contribution in [0.2, 0.25) is 10.0 Å². The lowest BCUT2D eigenvalue weighted by Gasteiger charge is -2.11. The molecule has 2 rings (SSSR count). The zero-order chi connectivity index (χ0) is 13.1. The summed E-state index contributed by atoms with van der Waals surface area (Å²) in [7, 11) is 1.59. The van der Waals surface area contributed by atoms with Crippen molar-refractivity contribution in [2.24, 2.45) is 0 Å². The molecule has 3 nitrogen and oxygen atoms in total. The van der Waals surface area contributed by atoms with E-state index in [1.807, 2.05) is 12.1 Å². The summed E-state index contributed by atoms with van der Waals surface area (Å²) < 4.78 is 10.7. The third-order valence-corrected chi connectivity index (χ3v) is 2.84. The third-order valence-electron chi connectivity index (χ3n) is 2.28. The molecule has 0 amide bonds. The molecule has 0 unspecified atom stereocenters. The molecule has 2 aromatic rings. The molecule has 0 bridgehead atoms. The SMILES string of the molecule is COc1cccc(Oc2c(Cl)cc(N)cc2Cl)c1. The molecular formula is C13H11Cl2NO2. The number of methoxy groups -OCH3 is 1. The van der Waals surface area contributed by atoms with E-state index in [4.69, 9.17) is 38.4 Å². The van der Waals surface area contributed by atoms with Gasteiger partial charge in [0.1, 0.15) is 11.5 Å². The molecule has 94 valence electrons. The molecule has 0 radical (unpaired) electrons. The van der Waals surface area contributed by atoms with E-state index in [2.05, 4.69) is 0 Å². The lowest BCUT2D eigenvalue weighted by Crippen LogP contribution is -1.91. The number of rotatable bonds is 3. The maximum Gasteiger partial charge on any atom is 0.164 e. The van der Waals surface area contributed by atoms with E-state index in [-0.39, 0.29) is 0 Å². The van der Waals surface area contributed by atoms with Crippen LogP contribution in [-0.4, -0.2) is 7.11 Å². The van der Waals surface area contributed by atoms with Gasteiger partial charge in [0, 0.05) is 11.8 Å². The number of ether oxygens (including phenoxy) is 2. The molecule has 0 aliphatic rings. The van der Waals surface area contributed by atoms with Gasteiger partial charge in [-0.25, -0.2) is 0 Å². The van der Waals surface area contributed by atoms with Gasteiger partial charge in [-0.2, -0.15) is 0 Å². The second-order valence-electron chi connectivity index (χ2n) is 3.59. The van der Waals surface area contributed by atoms with Crippen LogP contribution in [0, 0.1) is 0 Å². The summed E-state index contributed by atoms with van der Waals surface area (Å²) in [5, 5.41) is 0.727. The first-order valence-electron chi connectivity index (χ1n) is 5.16. The van der Waals surface area contributed by atoms with Gasteiger partial charge in [0.15, 0.2) is 5.75 Å². The van der Waals surface area contributed by atoms with Gasteiger partial charge < -0.3 is 15.2 Å². The largest absolute Gasteiger partial charge is 0.497 e. The first kappa shape index (κ1) is 12.9. The highest BCUT2D eigenvalue weighted by atomic mass is 35.5. The lowest BCUT2D eigenvalue weighted by atomic mass is 10.3. The van der Waals surface area contributed by atoms with E-state index in [9.17, 15) is 0 Å². The fourth-order valence-corrected chi connectivity index (χ4v) is 2.04. The van der Waals surface area contributed by atoms with Crippen molar-refractivity contribution < 1.29 is 9.47 Å². The second-order valence-corrected chi connectivity index (χ2v) is 4.41. The van der Waals surface area contributed by atoms with E-state index < -0.39 is 0 Å². The van der Waals surface area contributed by atoms with Gasteiger partial charge in [-0.05, 0) is 24.3 Å². The van der Waals surface area contributed by atoms with E-state index in [1.54, 1.807) is 31.4 Å². The van der Waals surface area contributed by atoms with Crippen molar-refractivity contribution >= 4 is 28.9 Å². The Morgan fingerprint density at radius 3 is 2.22 bits per heavy atom. The number of nitrogen functional groups attached to an aromatic ring is 1. The molecule has 0 aliphatic heterocycles. The first-order valence-corrected chi connectivity index (χ1v) is 5.92. The minimum atomic E-state index is 0.364.